The van der Waals surface area contributed by atoms with Crippen molar-refractivity contribution in [3.05, 3.63) is 23.6 Å². The molecule has 0 spiro atoms. The van der Waals surface area contributed by atoms with Crippen molar-refractivity contribution in [2.75, 3.05) is 13.1 Å². The van der Waals surface area contributed by atoms with E-state index in [0.717, 1.165) is 56.6 Å². The van der Waals surface area contributed by atoms with Crippen molar-refractivity contribution in [1.82, 2.24) is 15.1 Å². The maximum absolute atomic E-state index is 13.1. The molecule has 3 heterocycles. The number of ether oxygens (including phenoxy) is 1. The fraction of sp³-hybridized carbons (Fsp3) is 0.769. The first kappa shape index (κ1) is 24.7. The first-order chi connectivity index (χ1) is 14.9. The number of hydrogen-bond acceptors (Lipinski definition) is 4. The molecule has 0 aromatic carbocycles. The van der Waals surface area contributed by atoms with Crippen LogP contribution in [-0.2, 0) is 14.3 Å². The standard InChI is InChI=1S/C26H43N3O3/c1-17(2)8-10-20-22(14-24(30)27-20)28-13-12-19(16-28)29-21(11-9-18(3)4)23(15-25(29)31)32-26(5,6)7/h14-15,17-21H,8-13,16H2,1-7H3,(H,27,30)/t19-,20-,21?/m0/s1. The zero-order chi connectivity index (χ0) is 23.6. The molecular formula is C26H43N3O3. The molecule has 1 fully saturated rings. The molecule has 1 saturated heterocycles. The van der Waals surface area contributed by atoms with Gasteiger partial charge in [-0.15, -0.1) is 0 Å². The SMILES string of the molecule is CC(C)CCC1C(OC(C)(C)C)=CC(=O)N1[C@H]1CCN(C2=CC(=O)N[C@H]2CCC(C)C)C1. The van der Waals surface area contributed by atoms with Crippen LogP contribution in [0.1, 0.15) is 80.6 Å². The van der Waals surface area contributed by atoms with Gasteiger partial charge in [-0.25, -0.2) is 0 Å². The highest BCUT2D eigenvalue weighted by Gasteiger charge is 2.43. The predicted molar refractivity (Wildman–Crippen MR) is 128 cm³/mol. The van der Waals surface area contributed by atoms with Crippen LogP contribution in [0.25, 0.3) is 0 Å². The number of nitrogens with one attached hydrogen (secondary N) is 1. The van der Waals surface area contributed by atoms with Crippen LogP contribution in [0.4, 0.5) is 0 Å². The summed E-state index contributed by atoms with van der Waals surface area (Å²) in [5.74, 6) is 2.07. The van der Waals surface area contributed by atoms with Crippen molar-refractivity contribution in [2.24, 2.45) is 11.8 Å². The van der Waals surface area contributed by atoms with Crippen LogP contribution in [-0.4, -0.2) is 58.4 Å². The minimum absolute atomic E-state index is 0.00290. The Balaban J connectivity index is 1.72. The fourth-order valence-electron chi connectivity index (χ4n) is 5.00. The third kappa shape index (κ3) is 6.08. The van der Waals surface area contributed by atoms with Gasteiger partial charge in [-0.2, -0.15) is 0 Å². The maximum Gasteiger partial charge on any atom is 0.250 e. The predicted octanol–water partition coefficient (Wildman–Crippen LogP) is 4.23. The summed E-state index contributed by atoms with van der Waals surface area (Å²) in [4.78, 5) is 29.6. The summed E-state index contributed by atoms with van der Waals surface area (Å²) in [6, 6.07) is 0.232. The van der Waals surface area contributed by atoms with E-state index in [9.17, 15) is 9.59 Å². The lowest BCUT2D eigenvalue weighted by Gasteiger charge is -2.35. The van der Waals surface area contributed by atoms with E-state index >= 15 is 0 Å². The summed E-state index contributed by atoms with van der Waals surface area (Å²) in [6.45, 7) is 16.6. The second-order valence-electron chi connectivity index (χ2n) is 11.5. The molecular weight excluding hydrogens is 402 g/mol. The normalized spacial score (nSPS) is 26.3. The minimum atomic E-state index is -0.329. The summed E-state index contributed by atoms with van der Waals surface area (Å²) in [7, 11) is 0. The summed E-state index contributed by atoms with van der Waals surface area (Å²) < 4.78 is 6.23. The van der Waals surface area contributed by atoms with Gasteiger partial charge in [0, 0.05) is 30.9 Å². The molecule has 32 heavy (non-hydrogen) atoms. The van der Waals surface area contributed by atoms with E-state index in [1.165, 1.54) is 0 Å². The first-order valence-electron chi connectivity index (χ1n) is 12.4. The lowest BCUT2D eigenvalue weighted by Crippen LogP contribution is -2.46. The van der Waals surface area contributed by atoms with Crippen molar-refractivity contribution in [3.63, 3.8) is 0 Å². The molecule has 0 aliphatic carbocycles. The van der Waals surface area contributed by atoms with Gasteiger partial charge in [0.15, 0.2) is 0 Å². The Labute approximate surface area is 194 Å². The smallest absolute Gasteiger partial charge is 0.250 e. The number of nitrogens with zero attached hydrogens (tertiary/aromatic N) is 2. The molecule has 3 aliphatic rings. The maximum atomic E-state index is 13.1. The molecule has 0 aromatic rings. The zero-order valence-corrected chi connectivity index (χ0v) is 21.1. The van der Waals surface area contributed by atoms with Gasteiger partial charge >= 0.3 is 0 Å². The number of likely N-dealkylation sites (tertiary alicyclic amines) is 1. The second kappa shape index (κ2) is 9.88. The first-order valence-corrected chi connectivity index (χ1v) is 12.4. The molecule has 3 atom stereocenters. The van der Waals surface area contributed by atoms with Gasteiger partial charge in [-0.3, -0.25) is 9.59 Å². The van der Waals surface area contributed by atoms with Crippen LogP contribution < -0.4 is 5.32 Å². The second-order valence-corrected chi connectivity index (χ2v) is 11.5. The largest absolute Gasteiger partial charge is 0.490 e. The van der Waals surface area contributed by atoms with Crippen molar-refractivity contribution >= 4 is 11.8 Å². The Morgan fingerprint density at radius 3 is 2.34 bits per heavy atom. The van der Waals surface area contributed by atoms with Crippen LogP contribution in [0, 0.1) is 11.8 Å². The highest BCUT2D eigenvalue weighted by atomic mass is 16.5. The van der Waals surface area contributed by atoms with E-state index in [-0.39, 0.29) is 35.5 Å². The highest BCUT2D eigenvalue weighted by molar-refractivity contribution is 5.92. The van der Waals surface area contributed by atoms with Crippen LogP contribution >= 0.6 is 0 Å². The molecule has 6 nitrogen and oxygen atoms in total. The summed E-state index contributed by atoms with van der Waals surface area (Å²) >= 11 is 0. The molecule has 0 radical (unpaired) electrons. The van der Waals surface area contributed by atoms with Gasteiger partial charge < -0.3 is 19.9 Å². The third-order valence-corrected chi connectivity index (χ3v) is 6.53. The Kier molecular flexibility index (Phi) is 7.61. The molecule has 0 bridgehead atoms. The summed E-state index contributed by atoms with van der Waals surface area (Å²) in [5.41, 5.74) is 0.771. The van der Waals surface area contributed by atoms with Crippen molar-refractivity contribution in [2.45, 2.75) is 104 Å². The fourth-order valence-corrected chi connectivity index (χ4v) is 5.00. The number of hydrogen-bond donors (Lipinski definition) is 1. The Hall–Kier alpha value is -1.98. The van der Waals surface area contributed by atoms with Crippen LogP contribution in [0.3, 0.4) is 0 Å². The lowest BCUT2D eigenvalue weighted by molar-refractivity contribution is -0.128. The topological polar surface area (TPSA) is 61.9 Å². The van der Waals surface area contributed by atoms with Crippen LogP contribution in [0.15, 0.2) is 23.6 Å². The number of amides is 2. The highest BCUT2D eigenvalue weighted by Crippen LogP contribution is 2.35. The van der Waals surface area contributed by atoms with E-state index in [1.807, 2.05) is 20.8 Å². The quantitative estimate of drug-likeness (QED) is 0.577. The van der Waals surface area contributed by atoms with Gasteiger partial charge in [0.2, 0.25) is 5.91 Å². The van der Waals surface area contributed by atoms with Gasteiger partial charge in [-0.05, 0) is 64.7 Å². The molecule has 6 heteroatoms. The molecule has 2 amide bonds. The minimum Gasteiger partial charge on any atom is -0.490 e. The van der Waals surface area contributed by atoms with E-state index in [2.05, 4.69) is 42.8 Å². The van der Waals surface area contributed by atoms with Crippen LogP contribution in [0.2, 0.25) is 0 Å². The molecule has 3 aliphatic heterocycles. The third-order valence-electron chi connectivity index (χ3n) is 6.53. The average Bonchev–Trinajstić information content (AvgIpc) is 3.34. The van der Waals surface area contributed by atoms with Gasteiger partial charge in [-0.1, -0.05) is 27.7 Å². The van der Waals surface area contributed by atoms with Crippen LogP contribution in [0.5, 0.6) is 0 Å². The van der Waals surface area contributed by atoms with Crippen molar-refractivity contribution in [3.8, 4) is 0 Å². The molecule has 1 N–H and O–H groups in total. The van der Waals surface area contributed by atoms with Gasteiger partial charge in [0.1, 0.15) is 11.4 Å². The monoisotopic (exact) mass is 445 g/mol. The number of carbonyl (C=O) groups excluding carboxylic acids is 2. The average molecular weight is 446 g/mol. The van der Waals surface area contributed by atoms with E-state index < -0.39 is 0 Å². The van der Waals surface area contributed by atoms with E-state index in [1.54, 1.807) is 12.2 Å². The number of carbonyl (C=O) groups is 2. The lowest BCUT2D eigenvalue weighted by atomic mass is 10.0. The Morgan fingerprint density at radius 1 is 1.06 bits per heavy atom. The van der Waals surface area contributed by atoms with Gasteiger partial charge in [0.05, 0.1) is 18.1 Å². The van der Waals surface area contributed by atoms with E-state index in [0.29, 0.717) is 11.8 Å². The van der Waals surface area contributed by atoms with Crippen molar-refractivity contribution < 1.29 is 14.3 Å². The Bertz CT molecular complexity index is 763. The number of rotatable bonds is 9. The zero-order valence-electron chi connectivity index (χ0n) is 21.1. The summed E-state index contributed by atoms with van der Waals surface area (Å²) in [6.07, 6.45) is 8.41. The molecule has 1 unspecified atom stereocenters. The summed E-state index contributed by atoms with van der Waals surface area (Å²) in [5, 5.41) is 3.12. The molecule has 0 aromatic heterocycles. The van der Waals surface area contributed by atoms with Crippen molar-refractivity contribution in [1.29, 1.82) is 0 Å². The Morgan fingerprint density at radius 2 is 1.72 bits per heavy atom. The van der Waals surface area contributed by atoms with E-state index in [4.69, 9.17) is 4.74 Å². The molecule has 3 rings (SSSR count). The molecule has 180 valence electrons. The molecule has 0 saturated carbocycles. The van der Waals surface area contributed by atoms with Gasteiger partial charge in [0.25, 0.3) is 5.91 Å².